The minimum Gasteiger partial charge on any atom is -0.497 e. The minimum absolute atomic E-state index is 0.197. The first kappa shape index (κ1) is 43.4. The van der Waals surface area contributed by atoms with Gasteiger partial charge in [0.15, 0.2) is 12.8 Å². The van der Waals surface area contributed by atoms with Crippen LogP contribution in [0.25, 0.3) is 0 Å². The summed E-state index contributed by atoms with van der Waals surface area (Å²) in [5.74, 6) is -1.89. The smallest absolute Gasteiger partial charge is 0.258 e. The van der Waals surface area contributed by atoms with Gasteiger partial charge in [-0.2, -0.15) is 0 Å². The van der Waals surface area contributed by atoms with Crippen molar-refractivity contribution in [2.24, 2.45) is 5.73 Å². The normalized spacial score (nSPS) is 21.0. The molecule has 1 heterocycles. The maximum Gasteiger partial charge on any atom is 0.258 e. The van der Waals surface area contributed by atoms with Crippen LogP contribution in [0.3, 0.4) is 0 Å². The maximum atomic E-state index is 13.2. The first-order valence-electron chi connectivity index (χ1n) is 17.0. The fourth-order valence-electron chi connectivity index (χ4n) is 5.57. The molecule has 298 valence electrons. The predicted molar refractivity (Wildman–Crippen MR) is 190 cm³/mol. The van der Waals surface area contributed by atoms with Crippen LogP contribution in [0.2, 0.25) is 0 Å². The van der Waals surface area contributed by atoms with E-state index in [1.54, 1.807) is 49.4 Å². The molecule has 4 unspecified atom stereocenters. The second kappa shape index (κ2) is 21.0. The average Bonchev–Trinajstić information content (AvgIpc) is 3.14. The highest BCUT2D eigenvalue weighted by molar-refractivity contribution is 5.91. The minimum atomic E-state index is -1.60. The largest absolute Gasteiger partial charge is 0.497 e. The molecule has 2 aromatic rings. The van der Waals surface area contributed by atoms with Crippen molar-refractivity contribution in [3.63, 3.8) is 0 Å². The molecule has 10 N–H and O–H groups in total. The third-order valence-corrected chi connectivity index (χ3v) is 8.23. The van der Waals surface area contributed by atoms with Gasteiger partial charge in [-0.25, -0.2) is 0 Å². The monoisotopic (exact) mass is 762 g/mol. The van der Waals surface area contributed by atoms with E-state index in [9.17, 15) is 39.3 Å². The Morgan fingerprint density at radius 2 is 1.57 bits per heavy atom. The molecule has 54 heavy (non-hydrogen) atoms. The molecule has 1 saturated heterocycles. The highest BCUT2D eigenvalue weighted by Crippen LogP contribution is 2.34. The number of hydrogen-bond acceptors (Lipinski definition) is 14. The van der Waals surface area contributed by atoms with Gasteiger partial charge < -0.3 is 71.3 Å². The van der Waals surface area contributed by atoms with Crippen LogP contribution in [0.15, 0.2) is 42.5 Å². The van der Waals surface area contributed by atoms with Crippen LogP contribution < -0.4 is 46.5 Å². The number of aliphatic hydroxyl groups is 3. The number of carbonyl (C=O) groups is 5. The van der Waals surface area contributed by atoms with Crippen LogP contribution >= 0.6 is 0 Å². The van der Waals surface area contributed by atoms with E-state index in [1.807, 2.05) is 0 Å². The molecule has 3 rings (SSSR count). The summed E-state index contributed by atoms with van der Waals surface area (Å²) in [4.78, 5) is 62.8. The number of methoxy groups -OCH3 is 3. The molecule has 0 radical (unpaired) electrons. The number of nitrogens with two attached hydrogens (primary N) is 1. The molecular formula is C35H50N6O13. The van der Waals surface area contributed by atoms with Crippen molar-refractivity contribution in [2.45, 2.75) is 69.0 Å². The van der Waals surface area contributed by atoms with E-state index in [4.69, 9.17) is 29.4 Å². The summed E-state index contributed by atoms with van der Waals surface area (Å²) < 4.78 is 27.0. The van der Waals surface area contributed by atoms with Crippen molar-refractivity contribution in [2.75, 3.05) is 47.7 Å². The topological polar surface area (TPSA) is 278 Å². The Kier molecular flexibility index (Phi) is 16.9. The highest BCUT2D eigenvalue weighted by atomic mass is 16.5. The van der Waals surface area contributed by atoms with Crippen molar-refractivity contribution in [1.29, 1.82) is 0 Å². The lowest BCUT2D eigenvalue weighted by Crippen LogP contribution is -2.68. The lowest BCUT2D eigenvalue weighted by molar-refractivity contribution is -0.203. The number of amides is 5. The van der Waals surface area contributed by atoms with Crippen LogP contribution in [-0.2, 0) is 33.4 Å². The number of hydrogen-bond donors (Lipinski definition) is 9. The molecule has 0 spiro atoms. The van der Waals surface area contributed by atoms with Crippen molar-refractivity contribution < 1.29 is 63.0 Å². The average molecular weight is 763 g/mol. The van der Waals surface area contributed by atoms with E-state index in [2.05, 4.69) is 26.6 Å². The number of benzene rings is 2. The lowest BCUT2D eigenvalue weighted by atomic mass is 9.95. The fraction of sp³-hybridized carbons (Fsp3) is 0.514. The Hall–Kier alpha value is -5.05. The molecule has 2 aromatic carbocycles. The van der Waals surface area contributed by atoms with Crippen LogP contribution in [0.5, 0.6) is 17.2 Å². The van der Waals surface area contributed by atoms with Crippen LogP contribution in [0, 0.1) is 0 Å². The van der Waals surface area contributed by atoms with Gasteiger partial charge in [-0.1, -0.05) is 12.1 Å². The number of ether oxygens (including phenoxy) is 5. The Bertz CT molecular complexity index is 1580. The Morgan fingerprint density at radius 3 is 2.19 bits per heavy atom. The van der Waals surface area contributed by atoms with Crippen molar-refractivity contribution in [3.05, 3.63) is 53.6 Å². The Labute approximate surface area is 312 Å². The summed E-state index contributed by atoms with van der Waals surface area (Å²) in [6.07, 6.45) is -6.39. The van der Waals surface area contributed by atoms with E-state index < -0.39 is 85.9 Å². The summed E-state index contributed by atoms with van der Waals surface area (Å²) in [5, 5.41) is 42.9. The van der Waals surface area contributed by atoms with E-state index in [1.165, 1.54) is 21.3 Å². The summed E-state index contributed by atoms with van der Waals surface area (Å²) in [5.41, 5.74) is 7.10. The molecule has 1 aliphatic heterocycles. The van der Waals surface area contributed by atoms with E-state index in [0.717, 1.165) is 6.92 Å². The zero-order valence-corrected chi connectivity index (χ0v) is 30.7. The first-order chi connectivity index (χ1) is 25.7. The lowest BCUT2D eigenvalue weighted by Gasteiger charge is -2.42. The predicted octanol–water partition coefficient (Wildman–Crippen LogP) is -2.67. The number of nitrogens with one attached hydrogen (secondary N) is 5. The van der Waals surface area contributed by atoms with Gasteiger partial charge in [0, 0.05) is 31.7 Å². The summed E-state index contributed by atoms with van der Waals surface area (Å²) in [7, 11) is 4.49. The molecule has 0 aliphatic carbocycles. The number of rotatable bonds is 19. The van der Waals surface area contributed by atoms with Crippen LogP contribution in [0.1, 0.15) is 37.4 Å². The van der Waals surface area contributed by atoms with Gasteiger partial charge in [0.2, 0.25) is 23.6 Å². The maximum absolute atomic E-state index is 13.2. The van der Waals surface area contributed by atoms with Gasteiger partial charge in [0.1, 0.15) is 41.6 Å². The quantitative estimate of drug-likeness (QED) is 0.0707. The van der Waals surface area contributed by atoms with Crippen molar-refractivity contribution >= 4 is 29.5 Å². The molecule has 5 amide bonds. The second-order valence-electron chi connectivity index (χ2n) is 12.5. The van der Waals surface area contributed by atoms with Gasteiger partial charge in [0.25, 0.3) is 5.91 Å². The zero-order chi connectivity index (χ0) is 39.9. The fourth-order valence-corrected chi connectivity index (χ4v) is 5.57. The Balaban J connectivity index is 1.66. The van der Waals surface area contributed by atoms with Crippen LogP contribution in [0.4, 0.5) is 0 Å². The molecule has 0 saturated carbocycles. The highest BCUT2D eigenvalue weighted by Gasteiger charge is 2.45. The zero-order valence-electron chi connectivity index (χ0n) is 30.7. The Morgan fingerprint density at radius 1 is 0.889 bits per heavy atom. The molecule has 1 fully saturated rings. The number of aliphatic hydroxyl groups excluding tert-OH is 3. The molecule has 1 aliphatic rings. The standard InChI is InChI=1S/C35H50N6O13/c1-18(16-50-3)38-29(46)17-53-21-8-6-20(7-9-21)30(23-11-10-22(51-4)12-25(23)52-5)40-28(45)14-37-34(49)24(36)13-27(44)41-35-31(39-19(2)43)33(48)32(47)26(15-42)54-35/h6-12,18,24,26,30-33,35,42,47-48H,13-17,36H2,1-5H3,(H,37,49)(H,38,46)(H,39,43)(H,40,45)(H,41,44)/t18?,24-,26?,30?,31?,32-,33+,35+/m0/s1. The van der Waals surface area contributed by atoms with Gasteiger partial charge >= 0.3 is 0 Å². The van der Waals surface area contributed by atoms with E-state index in [0.29, 0.717) is 35.0 Å². The first-order valence-corrected chi connectivity index (χ1v) is 17.0. The molecular weight excluding hydrogens is 712 g/mol. The van der Waals surface area contributed by atoms with E-state index >= 15 is 0 Å². The molecule has 0 bridgehead atoms. The van der Waals surface area contributed by atoms with Crippen LogP contribution in [-0.4, -0.2) is 135 Å². The molecule has 8 atom stereocenters. The van der Waals surface area contributed by atoms with Gasteiger partial charge in [-0.3, -0.25) is 24.0 Å². The van der Waals surface area contributed by atoms with Gasteiger partial charge in [0.05, 0.1) is 52.5 Å². The SMILES string of the molecule is COCC(C)NC(=O)COc1ccc(C(NC(=O)CNC(=O)[C@@H](N)CC(=O)N[C@@H]2OC(CO)[C@H](O)[C@H](O)C2NC(C)=O)c2ccc(OC)cc2OC)cc1. The molecule has 0 aromatic heterocycles. The molecule has 19 heteroatoms. The number of carbonyl (C=O) groups excluding carboxylic acids is 5. The van der Waals surface area contributed by atoms with Crippen molar-refractivity contribution in [1.82, 2.24) is 26.6 Å². The van der Waals surface area contributed by atoms with E-state index in [-0.39, 0.29) is 18.6 Å². The molecule has 19 nitrogen and oxygen atoms in total. The van der Waals surface area contributed by atoms with Gasteiger partial charge in [-0.05, 0) is 36.8 Å². The summed E-state index contributed by atoms with van der Waals surface area (Å²) in [6, 6.07) is 7.98. The van der Waals surface area contributed by atoms with Crippen molar-refractivity contribution in [3.8, 4) is 17.2 Å². The summed E-state index contributed by atoms with van der Waals surface area (Å²) in [6.45, 7) is 1.85. The van der Waals surface area contributed by atoms with Gasteiger partial charge in [-0.15, -0.1) is 0 Å². The third-order valence-electron chi connectivity index (χ3n) is 8.23. The summed E-state index contributed by atoms with van der Waals surface area (Å²) >= 11 is 0. The third kappa shape index (κ3) is 12.5. The second-order valence-corrected chi connectivity index (χ2v) is 12.5.